The summed E-state index contributed by atoms with van der Waals surface area (Å²) in [5.41, 5.74) is 1.79. The topological polar surface area (TPSA) is 73.9 Å². The third-order valence-corrected chi connectivity index (χ3v) is 4.80. The molecule has 0 bridgehead atoms. The first kappa shape index (κ1) is 19.7. The maximum absolute atomic E-state index is 12.5. The van der Waals surface area contributed by atoms with E-state index < -0.39 is 18.2 Å². The van der Waals surface area contributed by atoms with Gasteiger partial charge in [-0.05, 0) is 43.0 Å². The van der Waals surface area contributed by atoms with Crippen molar-refractivity contribution in [3.05, 3.63) is 54.1 Å². The van der Waals surface area contributed by atoms with Crippen LogP contribution in [0.4, 0.5) is 5.69 Å². The minimum absolute atomic E-state index is 0.0427. The second kappa shape index (κ2) is 8.78. The molecule has 1 heterocycles. The monoisotopic (exact) mass is 383 g/mol. The van der Waals surface area contributed by atoms with Gasteiger partial charge in [0.15, 0.2) is 17.6 Å². The SMILES string of the molecule is CC[C@@H](C)c1ccccc1NC(=O)[C@H](C)OC(=O)[C@@H]1COc2ccccc2O1. The van der Waals surface area contributed by atoms with Crippen molar-refractivity contribution in [2.24, 2.45) is 0 Å². The van der Waals surface area contributed by atoms with Crippen LogP contribution in [-0.2, 0) is 14.3 Å². The van der Waals surface area contributed by atoms with Gasteiger partial charge in [-0.15, -0.1) is 0 Å². The van der Waals surface area contributed by atoms with Gasteiger partial charge in [0.25, 0.3) is 5.91 Å². The van der Waals surface area contributed by atoms with E-state index in [1.807, 2.05) is 30.3 Å². The number of rotatable bonds is 6. The molecule has 6 heteroatoms. The molecular formula is C22H25NO5. The number of anilines is 1. The van der Waals surface area contributed by atoms with E-state index in [0.717, 1.165) is 17.7 Å². The lowest BCUT2D eigenvalue weighted by atomic mass is 9.97. The van der Waals surface area contributed by atoms with Crippen LogP contribution >= 0.6 is 0 Å². The van der Waals surface area contributed by atoms with Crippen LogP contribution in [0, 0.1) is 0 Å². The van der Waals surface area contributed by atoms with E-state index >= 15 is 0 Å². The third kappa shape index (κ3) is 4.44. The van der Waals surface area contributed by atoms with Gasteiger partial charge in [-0.2, -0.15) is 0 Å². The van der Waals surface area contributed by atoms with E-state index in [9.17, 15) is 9.59 Å². The summed E-state index contributed by atoms with van der Waals surface area (Å²) in [7, 11) is 0. The maximum Gasteiger partial charge on any atom is 0.351 e. The first-order valence-corrected chi connectivity index (χ1v) is 9.48. The molecule has 1 N–H and O–H groups in total. The molecule has 0 spiro atoms. The van der Waals surface area contributed by atoms with Gasteiger partial charge in [0, 0.05) is 5.69 Å². The molecule has 0 saturated carbocycles. The highest BCUT2D eigenvalue weighted by molar-refractivity contribution is 5.96. The Hall–Kier alpha value is -3.02. The minimum atomic E-state index is -0.960. The first-order chi connectivity index (χ1) is 13.5. The smallest absolute Gasteiger partial charge is 0.351 e. The largest absolute Gasteiger partial charge is 0.485 e. The van der Waals surface area contributed by atoms with E-state index in [1.165, 1.54) is 6.92 Å². The second-order valence-electron chi connectivity index (χ2n) is 6.83. The number of carbonyl (C=O) groups is 2. The molecule has 2 aromatic rings. The van der Waals surface area contributed by atoms with Crippen LogP contribution < -0.4 is 14.8 Å². The number of fused-ring (bicyclic) bond motifs is 1. The van der Waals surface area contributed by atoms with Gasteiger partial charge in [-0.3, -0.25) is 4.79 Å². The molecule has 1 amide bonds. The molecule has 28 heavy (non-hydrogen) atoms. The molecule has 0 radical (unpaired) electrons. The summed E-state index contributed by atoms with van der Waals surface area (Å²) in [6.07, 6.45) is -0.909. The van der Waals surface area contributed by atoms with Crippen molar-refractivity contribution in [3.8, 4) is 11.5 Å². The quantitative estimate of drug-likeness (QED) is 0.766. The van der Waals surface area contributed by atoms with Crippen molar-refractivity contribution >= 4 is 17.6 Å². The average Bonchev–Trinajstić information content (AvgIpc) is 2.73. The Labute approximate surface area is 164 Å². The molecule has 1 aliphatic heterocycles. The van der Waals surface area contributed by atoms with Crippen LogP contribution in [0.5, 0.6) is 11.5 Å². The van der Waals surface area contributed by atoms with E-state index in [0.29, 0.717) is 17.4 Å². The van der Waals surface area contributed by atoms with E-state index in [-0.39, 0.29) is 12.5 Å². The Kier molecular flexibility index (Phi) is 6.19. The number of esters is 1. The summed E-state index contributed by atoms with van der Waals surface area (Å²) in [4.78, 5) is 24.9. The van der Waals surface area contributed by atoms with Crippen LogP contribution in [0.1, 0.15) is 38.7 Å². The molecule has 0 aromatic heterocycles. The summed E-state index contributed by atoms with van der Waals surface area (Å²) < 4.78 is 16.5. The highest BCUT2D eigenvalue weighted by Crippen LogP contribution is 2.31. The summed E-state index contributed by atoms with van der Waals surface area (Å²) in [5, 5.41) is 2.86. The number of para-hydroxylation sites is 3. The van der Waals surface area contributed by atoms with Gasteiger partial charge >= 0.3 is 5.97 Å². The minimum Gasteiger partial charge on any atom is -0.485 e. The normalized spacial score (nSPS) is 17.3. The van der Waals surface area contributed by atoms with Crippen molar-refractivity contribution in [1.29, 1.82) is 0 Å². The van der Waals surface area contributed by atoms with Gasteiger partial charge in [0.05, 0.1) is 0 Å². The maximum atomic E-state index is 12.5. The highest BCUT2D eigenvalue weighted by atomic mass is 16.6. The number of benzene rings is 2. The average molecular weight is 383 g/mol. The molecule has 0 aliphatic carbocycles. The Morgan fingerprint density at radius 3 is 2.54 bits per heavy atom. The Balaban J connectivity index is 1.60. The Bertz CT molecular complexity index is 850. The molecule has 0 saturated heterocycles. The number of ether oxygens (including phenoxy) is 3. The second-order valence-corrected chi connectivity index (χ2v) is 6.83. The van der Waals surface area contributed by atoms with Crippen LogP contribution in [0.25, 0.3) is 0 Å². The summed E-state index contributed by atoms with van der Waals surface area (Å²) in [5.74, 6) is 0.352. The van der Waals surface area contributed by atoms with E-state index in [4.69, 9.17) is 14.2 Å². The fraction of sp³-hybridized carbons (Fsp3) is 0.364. The lowest BCUT2D eigenvalue weighted by Crippen LogP contribution is -2.41. The summed E-state index contributed by atoms with van der Waals surface area (Å²) >= 11 is 0. The van der Waals surface area contributed by atoms with Crippen LogP contribution in [-0.4, -0.2) is 30.7 Å². The van der Waals surface area contributed by atoms with Crippen LogP contribution in [0.15, 0.2) is 48.5 Å². The lowest BCUT2D eigenvalue weighted by molar-refractivity contribution is -0.162. The molecule has 1 aliphatic rings. The van der Waals surface area contributed by atoms with Crippen molar-refractivity contribution in [1.82, 2.24) is 0 Å². The molecule has 2 aromatic carbocycles. The standard InChI is InChI=1S/C22H25NO5/c1-4-14(2)16-9-5-6-10-17(16)23-21(24)15(3)27-22(25)20-13-26-18-11-7-8-12-19(18)28-20/h5-12,14-15,20H,4,13H2,1-3H3,(H,23,24)/t14-,15+,20+/m1/s1. The molecule has 6 nitrogen and oxygen atoms in total. The number of carbonyl (C=O) groups excluding carboxylic acids is 2. The van der Waals surface area contributed by atoms with Gasteiger partial charge < -0.3 is 19.5 Å². The van der Waals surface area contributed by atoms with Crippen molar-refractivity contribution in [3.63, 3.8) is 0 Å². The van der Waals surface area contributed by atoms with Gasteiger partial charge in [0.1, 0.15) is 6.61 Å². The van der Waals surface area contributed by atoms with E-state index in [2.05, 4.69) is 19.2 Å². The predicted molar refractivity (Wildman–Crippen MR) is 106 cm³/mol. The van der Waals surface area contributed by atoms with Gasteiger partial charge in [-0.25, -0.2) is 4.79 Å². The van der Waals surface area contributed by atoms with Crippen molar-refractivity contribution < 1.29 is 23.8 Å². The van der Waals surface area contributed by atoms with Crippen LogP contribution in [0.3, 0.4) is 0 Å². The van der Waals surface area contributed by atoms with Crippen molar-refractivity contribution in [2.45, 2.75) is 45.3 Å². The number of amides is 1. The third-order valence-electron chi connectivity index (χ3n) is 4.80. The fourth-order valence-corrected chi connectivity index (χ4v) is 2.93. The zero-order valence-corrected chi connectivity index (χ0v) is 16.3. The van der Waals surface area contributed by atoms with Gasteiger partial charge in [-0.1, -0.05) is 44.2 Å². The number of hydrogen-bond donors (Lipinski definition) is 1. The molecule has 0 unspecified atom stereocenters. The Morgan fingerprint density at radius 2 is 1.79 bits per heavy atom. The summed E-state index contributed by atoms with van der Waals surface area (Å²) in [6, 6.07) is 14.7. The zero-order valence-electron chi connectivity index (χ0n) is 16.3. The molecule has 3 atom stereocenters. The number of hydrogen-bond acceptors (Lipinski definition) is 5. The predicted octanol–water partition coefficient (Wildman–Crippen LogP) is 3.91. The van der Waals surface area contributed by atoms with Gasteiger partial charge in [0.2, 0.25) is 6.10 Å². The highest BCUT2D eigenvalue weighted by Gasteiger charge is 2.31. The molecule has 148 valence electrons. The van der Waals surface area contributed by atoms with E-state index in [1.54, 1.807) is 18.2 Å². The molecule has 3 rings (SSSR count). The molecule has 0 fully saturated rings. The number of nitrogens with one attached hydrogen (secondary N) is 1. The zero-order chi connectivity index (χ0) is 20.1. The summed E-state index contributed by atoms with van der Waals surface area (Å²) in [6.45, 7) is 5.78. The fourth-order valence-electron chi connectivity index (χ4n) is 2.93. The van der Waals surface area contributed by atoms with Crippen molar-refractivity contribution in [2.75, 3.05) is 11.9 Å². The first-order valence-electron chi connectivity index (χ1n) is 9.48. The van der Waals surface area contributed by atoms with Crippen LogP contribution in [0.2, 0.25) is 0 Å². The lowest BCUT2D eigenvalue weighted by Gasteiger charge is -2.26. The Morgan fingerprint density at radius 1 is 1.11 bits per heavy atom. The molecular weight excluding hydrogens is 358 g/mol.